The van der Waals surface area contributed by atoms with Crippen LogP contribution in [0.3, 0.4) is 0 Å². The fraction of sp³-hybridized carbons (Fsp3) is 0. The maximum atomic E-state index is 4.99. The molecule has 0 atom stereocenters. The quantitative estimate of drug-likeness (QED) is 0.172. The van der Waals surface area contributed by atoms with Gasteiger partial charge in [0.05, 0.1) is 0 Å². The molecule has 3 nitrogen and oxygen atoms in total. The molecule has 0 fully saturated rings. The fourth-order valence-electron chi connectivity index (χ4n) is 4.38. The van der Waals surface area contributed by atoms with Crippen molar-refractivity contribution in [2.24, 2.45) is 0 Å². The zero-order valence-electron chi connectivity index (χ0n) is 17.6. The van der Waals surface area contributed by atoms with Gasteiger partial charge in [0.1, 0.15) is 0 Å². The van der Waals surface area contributed by atoms with Crippen LogP contribution in [0.2, 0.25) is 0 Å². The highest BCUT2D eigenvalue weighted by atomic mass is 127. The van der Waals surface area contributed by atoms with Gasteiger partial charge >= 0.3 is 0 Å². The Balaban J connectivity index is 1.60. The maximum absolute atomic E-state index is 4.99. The first-order valence-corrected chi connectivity index (χ1v) is 11.8. The molecule has 0 saturated heterocycles. The van der Waals surface area contributed by atoms with Crippen LogP contribution in [0.15, 0.2) is 109 Å². The summed E-state index contributed by atoms with van der Waals surface area (Å²) in [7, 11) is 0. The number of fused-ring (bicyclic) bond motifs is 3. The monoisotopic (exact) mass is 535 g/mol. The van der Waals surface area contributed by atoms with E-state index in [0.717, 1.165) is 27.6 Å². The molecule has 0 unspecified atom stereocenters. The van der Waals surface area contributed by atoms with Gasteiger partial charge < -0.3 is 0 Å². The van der Waals surface area contributed by atoms with Crippen LogP contribution in [0.1, 0.15) is 0 Å². The molecule has 1 aromatic heterocycles. The van der Waals surface area contributed by atoms with Crippen molar-refractivity contribution >= 4 is 44.1 Å². The summed E-state index contributed by atoms with van der Waals surface area (Å²) in [6, 6.07) is 37.7. The van der Waals surface area contributed by atoms with E-state index in [9.17, 15) is 0 Å². The molecule has 0 radical (unpaired) electrons. The molecule has 0 amide bonds. The van der Waals surface area contributed by atoms with Crippen molar-refractivity contribution in [1.82, 2.24) is 15.0 Å². The predicted molar refractivity (Wildman–Crippen MR) is 144 cm³/mol. The summed E-state index contributed by atoms with van der Waals surface area (Å²) >= 11 is 2.19. The van der Waals surface area contributed by atoms with E-state index in [1.54, 1.807) is 0 Å². The average Bonchev–Trinajstić information content (AvgIpc) is 2.88. The van der Waals surface area contributed by atoms with E-state index >= 15 is 0 Å². The van der Waals surface area contributed by atoms with Crippen molar-refractivity contribution in [1.29, 1.82) is 0 Å². The largest absolute Gasteiger partial charge is 0.208 e. The molecular weight excluding hydrogens is 517 g/mol. The molecule has 0 N–H and O–H groups in total. The number of hydrogen-bond acceptors (Lipinski definition) is 3. The van der Waals surface area contributed by atoms with E-state index in [1.165, 1.54) is 16.2 Å². The van der Waals surface area contributed by atoms with Crippen molar-refractivity contribution in [2.45, 2.75) is 0 Å². The molecule has 0 aliphatic rings. The van der Waals surface area contributed by atoms with Gasteiger partial charge in [0.25, 0.3) is 0 Å². The molecule has 1 heterocycles. The van der Waals surface area contributed by atoms with Gasteiger partial charge in [0.2, 0.25) is 0 Å². The first-order valence-electron chi connectivity index (χ1n) is 10.8. The predicted octanol–water partition coefficient (Wildman–Crippen LogP) is 7.78. The molecule has 5 aromatic carbocycles. The van der Waals surface area contributed by atoms with E-state index in [0.29, 0.717) is 15.5 Å². The Morgan fingerprint density at radius 3 is 1.82 bits per heavy atom. The highest BCUT2D eigenvalue weighted by Crippen LogP contribution is 2.35. The number of halogens is 1. The second-order valence-corrected chi connectivity index (χ2v) is 8.82. The SMILES string of the molecule is Ic1nc(-c2ccccc2-c2ccccc2)nc(-c2cc3ccccc3c3ccccc23)n1. The fourth-order valence-corrected chi connectivity index (χ4v) is 4.83. The Morgan fingerprint density at radius 2 is 1.03 bits per heavy atom. The standard InChI is InChI=1S/C29H18IN3/c30-29-32-27(25-17-9-6-13-21(25)19-10-2-1-3-11-19)31-28(33-29)26-18-20-12-4-5-14-22(20)23-15-7-8-16-24(23)26/h1-18H. The van der Waals surface area contributed by atoms with Crippen molar-refractivity contribution in [3.63, 3.8) is 0 Å². The zero-order chi connectivity index (χ0) is 22.2. The Morgan fingerprint density at radius 1 is 0.455 bits per heavy atom. The molecule has 0 spiro atoms. The van der Waals surface area contributed by atoms with Crippen molar-refractivity contribution in [2.75, 3.05) is 0 Å². The minimum atomic E-state index is 0.674. The van der Waals surface area contributed by atoms with Crippen LogP contribution in [0.25, 0.3) is 55.4 Å². The molecule has 6 aromatic rings. The lowest BCUT2D eigenvalue weighted by Crippen LogP contribution is -2.01. The number of benzene rings is 5. The Hall–Kier alpha value is -3.64. The van der Waals surface area contributed by atoms with Gasteiger partial charge in [-0.1, -0.05) is 103 Å². The van der Waals surface area contributed by atoms with Crippen LogP contribution >= 0.6 is 22.6 Å². The molecule has 0 aliphatic heterocycles. The molecule has 0 saturated carbocycles. The van der Waals surface area contributed by atoms with Crippen LogP contribution in [0.4, 0.5) is 0 Å². The molecule has 6 rings (SSSR count). The van der Waals surface area contributed by atoms with Crippen LogP contribution in [0, 0.1) is 3.83 Å². The maximum Gasteiger partial charge on any atom is 0.194 e. The van der Waals surface area contributed by atoms with Crippen molar-refractivity contribution in [3.05, 3.63) is 113 Å². The topological polar surface area (TPSA) is 38.7 Å². The minimum Gasteiger partial charge on any atom is -0.208 e. The first-order chi connectivity index (χ1) is 16.3. The van der Waals surface area contributed by atoms with Crippen LogP contribution < -0.4 is 0 Å². The summed E-state index contributed by atoms with van der Waals surface area (Å²) < 4.78 is 0.674. The lowest BCUT2D eigenvalue weighted by Gasteiger charge is -2.12. The van der Waals surface area contributed by atoms with Gasteiger partial charge in [-0.2, -0.15) is 0 Å². The molecule has 156 valence electrons. The first kappa shape index (κ1) is 20.0. The third-order valence-electron chi connectivity index (χ3n) is 5.87. The second kappa shape index (κ2) is 8.37. The highest BCUT2D eigenvalue weighted by molar-refractivity contribution is 14.1. The molecule has 4 heteroatoms. The van der Waals surface area contributed by atoms with E-state index in [2.05, 4.69) is 120 Å². The van der Waals surface area contributed by atoms with Crippen LogP contribution in [0.5, 0.6) is 0 Å². The van der Waals surface area contributed by atoms with E-state index in [-0.39, 0.29) is 0 Å². The second-order valence-electron chi connectivity index (χ2n) is 7.85. The van der Waals surface area contributed by atoms with E-state index in [1.807, 2.05) is 12.1 Å². The van der Waals surface area contributed by atoms with Crippen molar-refractivity contribution in [3.8, 4) is 33.9 Å². The summed E-state index contributed by atoms with van der Waals surface area (Å²) in [6.45, 7) is 0. The van der Waals surface area contributed by atoms with Gasteiger partial charge in [-0.05, 0) is 38.7 Å². The Bertz CT molecular complexity index is 1630. The summed E-state index contributed by atoms with van der Waals surface area (Å²) in [5, 5.41) is 4.75. The highest BCUT2D eigenvalue weighted by Gasteiger charge is 2.16. The van der Waals surface area contributed by atoms with Gasteiger partial charge in [-0.15, -0.1) is 0 Å². The summed E-state index contributed by atoms with van der Waals surface area (Å²) in [6.07, 6.45) is 0. The third-order valence-corrected chi connectivity index (χ3v) is 6.35. The van der Waals surface area contributed by atoms with Gasteiger partial charge in [-0.3, -0.25) is 0 Å². The average molecular weight is 535 g/mol. The van der Waals surface area contributed by atoms with Gasteiger partial charge in [0.15, 0.2) is 15.5 Å². The van der Waals surface area contributed by atoms with Gasteiger partial charge in [-0.25, -0.2) is 15.0 Å². The molecule has 33 heavy (non-hydrogen) atoms. The molecule has 0 bridgehead atoms. The van der Waals surface area contributed by atoms with E-state index in [4.69, 9.17) is 15.0 Å². The smallest absolute Gasteiger partial charge is 0.194 e. The zero-order valence-corrected chi connectivity index (χ0v) is 19.8. The number of rotatable bonds is 3. The Kier molecular flexibility index (Phi) is 5.07. The summed E-state index contributed by atoms with van der Waals surface area (Å²) in [4.78, 5) is 14.5. The Labute approximate surface area is 205 Å². The van der Waals surface area contributed by atoms with Crippen LogP contribution in [-0.4, -0.2) is 15.0 Å². The van der Waals surface area contributed by atoms with E-state index < -0.39 is 0 Å². The summed E-state index contributed by atoms with van der Waals surface area (Å²) in [5.74, 6) is 1.37. The van der Waals surface area contributed by atoms with Crippen LogP contribution in [-0.2, 0) is 0 Å². The number of nitrogens with zero attached hydrogens (tertiary/aromatic N) is 3. The lowest BCUT2D eigenvalue weighted by molar-refractivity contribution is 1.03. The normalized spacial score (nSPS) is 11.2. The lowest BCUT2D eigenvalue weighted by atomic mass is 9.96. The van der Waals surface area contributed by atoms with Gasteiger partial charge in [0, 0.05) is 33.7 Å². The minimum absolute atomic E-state index is 0.674. The molecular formula is C29H18IN3. The van der Waals surface area contributed by atoms with Crippen molar-refractivity contribution < 1.29 is 0 Å². The number of hydrogen-bond donors (Lipinski definition) is 0. The third kappa shape index (κ3) is 3.66. The summed E-state index contributed by atoms with van der Waals surface area (Å²) in [5.41, 5.74) is 4.26. The molecule has 0 aliphatic carbocycles. The number of aromatic nitrogens is 3.